The zero-order chi connectivity index (χ0) is 21.0. The number of esters is 2. The Kier molecular flexibility index (Phi) is 6.21. The van der Waals surface area contributed by atoms with Crippen molar-refractivity contribution in [1.29, 1.82) is 0 Å². The predicted octanol–water partition coefficient (Wildman–Crippen LogP) is 2.81. The van der Waals surface area contributed by atoms with E-state index in [1.165, 1.54) is 20.0 Å². The number of nitrogens with one attached hydrogen (secondary N) is 2. The molecule has 0 radical (unpaired) electrons. The Morgan fingerprint density at radius 3 is 2.34 bits per heavy atom. The van der Waals surface area contributed by atoms with Crippen LogP contribution in [0.1, 0.15) is 44.9 Å². The topological polar surface area (TPSA) is 101 Å². The zero-order valence-electron chi connectivity index (χ0n) is 16.8. The monoisotopic (exact) mass is 399 g/mol. The van der Waals surface area contributed by atoms with Crippen LogP contribution in [0.5, 0.6) is 0 Å². The van der Waals surface area contributed by atoms with Gasteiger partial charge in [0.2, 0.25) is 0 Å². The first-order valence-electron chi connectivity index (χ1n) is 9.50. The minimum absolute atomic E-state index is 0.130. The SMILES string of the molecule is COC(=O)c1c(C)[nH]c(C(=O)OCC(=O)Nc2ccc(N3CCCC3)cc2)c1C. The van der Waals surface area contributed by atoms with Gasteiger partial charge in [0.05, 0.1) is 12.7 Å². The van der Waals surface area contributed by atoms with Crippen molar-refractivity contribution < 1.29 is 23.9 Å². The molecule has 1 saturated heterocycles. The number of methoxy groups -OCH3 is 1. The Morgan fingerprint density at radius 2 is 1.72 bits per heavy atom. The number of aromatic amines is 1. The van der Waals surface area contributed by atoms with E-state index in [0.29, 0.717) is 22.5 Å². The lowest BCUT2D eigenvalue weighted by Crippen LogP contribution is -2.21. The fourth-order valence-electron chi connectivity index (χ4n) is 3.49. The average Bonchev–Trinajstić information content (AvgIpc) is 3.34. The molecule has 3 rings (SSSR count). The van der Waals surface area contributed by atoms with Crippen LogP contribution < -0.4 is 10.2 Å². The number of nitrogens with zero attached hydrogens (tertiary/aromatic N) is 1. The summed E-state index contributed by atoms with van der Waals surface area (Å²) in [6.07, 6.45) is 2.40. The molecule has 29 heavy (non-hydrogen) atoms. The lowest BCUT2D eigenvalue weighted by atomic mass is 10.1. The second kappa shape index (κ2) is 8.81. The summed E-state index contributed by atoms with van der Waals surface area (Å²) in [5.41, 5.74) is 3.12. The van der Waals surface area contributed by atoms with E-state index >= 15 is 0 Å². The number of amides is 1. The zero-order valence-corrected chi connectivity index (χ0v) is 16.8. The number of benzene rings is 1. The van der Waals surface area contributed by atoms with E-state index in [0.717, 1.165) is 18.8 Å². The quantitative estimate of drug-likeness (QED) is 0.725. The maximum atomic E-state index is 12.3. The summed E-state index contributed by atoms with van der Waals surface area (Å²) in [7, 11) is 1.27. The first kappa shape index (κ1) is 20.4. The Hall–Kier alpha value is -3.29. The standard InChI is InChI=1S/C21H25N3O5/c1-13-18(20(26)28-3)14(2)22-19(13)21(27)29-12-17(25)23-15-6-8-16(9-7-15)24-10-4-5-11-24/h6-9,22H,4-5,10-12H2,1-3H3,(H,23,25). The normalized spacial score (nSPS) is 13.3. The Labute approximate surface area is 169 Å². The van der Waals surface area contributed by atoms with Crippen molar-refractivity contribution >= 4 is 29.2 Å². The van der Waals surface area contributed by atoms with Gasteiger partial charge in [-0.2, -0.15) is 0 Å². The van der Waals surface area contributed by atoms with Gasteiger partial charge >= 0.3 is 11.9 Å². The molecule has 1 amide bonds. The third kappa shape index (κ3) is 4.59. The molecule has 8 heteroatoms. The molecule has 0 saturated carbocycles. The molecule has 2 aromatic rings. The minimum atomic E-state index is -0.708. The lowest BCUT2D eigenvalue weighted by molar-refractivity contribution is -0.119. The summed E-state index contributed by atoms with van der Waals surface area (Å²) in [4.78, 5) is 41.3. The molecule has 0 bridgehead atoms. The van der Waals surface area contributed by atoms with Gasteiger partial charge in [0, 0.05) is 30.2 Å². The fourth-order valence-corrected chi connectivity index (χ4v) is 3.49. The highest BCUT2D eigenvalue weighted by Crippen LogP contribution is 2.22. The van der Waals surface area contributed by atoms with E-state index in [1.807, 2.05) is 24.3 Å². The number of aryl methyl sites for hydroxylation is 1. The molecular weight excluding hydrogens is 374 g/mol. The summed E-state index contributed by atoms with van der Waals surface area (Å²) >= 11 is 0. The Morgan fingerprint density at radius 1 is 1.07 bits per heavy atom. The fraction of sp³-hybridized carbons (Fsp3) is 0.381. The van der Waals surface area contributed by atoms with E-state index in [1.54, 1.807) is 13.8 Å². The number of hydrogen-bond donors (Lipinski definition) is 2. The highest BCUT2D eigenvalue weighted by atomic mass is 16.5. The van der Waals surface area contributed by atoms with Crippen molar-refractivity contribution in [3.8, 4) is 0 Å². The molecule has 0 aliphatic carbocycles. The van der Waals surface area contributed by atoms with Gasteiger partial charge in [-0.3, -0.25) is 4.79 Å². The molecule has 1 fully saturated rings. The van der Waals surface area contributed by atoms with Crippen LogP contribution in [0, 0.1) is 13.8 Å². The summed E-state index contributed by atoms with van der Waals surface area (Å²) in [5.74, 6) is -1.69. The van der Waals surface area contributed by atoms with Gasteiger partial charge in [0.1, 0.15) is 5.69 Å². The molecule has 0 unspecified atom stereocenters. The molecule has 0 spiro atoms. The first-order valence-corrected chi connectivity index (χ1v) is 9.50. The molecule has 1 aliphatic heterocycles. The highest BCUT2D eigenvalue weighted by Gasteiger charge is 2.23. The van der Waals surface area contributed by atoms with Crippen LogP contribution in [0.4, 0.5) is 11.4 Å². The second-order valence-electron chi connectivity index (χ2n) is 6.98. The van der Waals surface area contributed by atoms with E-state index in [9.17, 15) is 14.4 Å². The van der Waals surface area contributed by atoms with Gasteiger partial charge in [0.15, 0.2) is 6.61 Å². The van der Waals surface area contributed by atoms with Gasteiger partial charge < -0.3 is 24.7 Å². The van der Waals surface area contributed by atoms with Crippen molar-refractivity contribution in [2.45, 2.75) is 26.7 Å². The summed E-state index contributed by atoms with van der Waals surface area (Å²) in [6, 6.07) is 7.59. The Bertz CT molecular complexity index is 911. The number of carbonyl (C=O) groups excluding carboxylic acids is 3. The number of carbonyl (C=O) groups is 3. The second-order valence-corrected chi connectivity index (χ2v) is 6.98. The van der Waals surface area contributed by atoms with Gasteiger partial charge in [-0.05, 0) is 56.5 Å². The van der Waals surface area contributed by atoms with Gasteiger partial charge in [-0.25, -0.2) is 9.59 Å². The smallest absolute Gasteiger partial charge is 0.355 e. The van der Waals surface area contributed by atoms with Crippen molar-refractivity contribution in [3.05, 3.63) is 46.8 Å². The number of rotatable bonds is 6. The molecule has 1 aliphatic rings. The van der Waals surface area contributed by atoms with Crippen molar-refractivity contribution in [2.75, 3.05) is 37.0 Å². The molecular formula is C21H25N3O5. The third-order valence-electron chi connectivity index (χ3n) is 4.99. The third-order valence-corrected chi connectivity index (χ3v) is 4.99. The van der Waals surface area contributed by atoms with Gasteiger partial charge in [-0.1, -0.05) is 0 Å². The summed E-state index contributed by atoms with van der Waals surface area (Å²) in [5, 5.41) is 2.71. The predicted molar refractivity (Wildman–Crippen MR) is 108 cm³/mol. The molecule has 1 aromatic heterocycles. The van der Waals surface area contributed by atoms with E-state index in [-0.39, 0.29) is 5.69 Å². The van der Waals surface area contributed by atoms with Crippen molar-refractivity contribution in [2.24, 2.45) is 0 Å². The van der Waals surface area contributed by atoms with Crippen LogP contribution >= 0.6 is 0 Å². The summed E-state index contributed by atoms with van der Waals surface area (Å²) in [6.45, 7) is 4.95. The first-order chi connectivity index (χ1) is 13.9. The number of hydrogen-bond acceptors (Lipinski definition) is 6. The van der Waals surface area contributed by atoms with Crippen LogP contribution in [0.25, 0.3) is 0 Å². The largest absolute Gasteiger partial charge is 0.465 e. The molecule has 1 aromatic carbocycles. The highest BCUT2D eigenvalue weighted by molar-refractivity contribution is 5.99. The molecule has 8 nitrogen and oxygen atoms in total. The van der Waals surface area contributed by atoms with Crippen LogP contribution in [0.2, 0.25) is 0 Å². The van der Waals surface area contributed by atoms with Crippen molar-refractivity contribution in [3.63, 3.8) is 0 Å². The van der Waals surface area contributed by atoms with Gasteiger partial charge in [0.25, 0.3) is 5.91 Å². The maximum Gasteiger partial charge on any atom is 0.355 e. The van der Waals surface area contributed by atoms with Crippen LogP contribution in [-0.2, 0) is 14.3 Å². The van der Waals surface area contributed by atoms with Crippen LogP contribution in [0.3, 0.4) is 0 Å². The number of anilines is 2. The number of aromatic nitrogens is 1. The van der Waals surface area contributed by atoms with E-state index in [4.69, 9.17) is 9.47 Å². The van der Waals surface area contributed by atoms with Crippen LogP contribution in [-0.4, -0.2) is 49.6 Å². The molecule has 154 valence electrons. The molecule has 2 heterocycles. The van der Waals surface area contributed by atoms with E-state index < -0.39 is 24.5 Å². The molecule has 0 atom stereocenters. The lowest BCUT2D eigenvalue weighted by Gasteiger charge is -2.17. The average molecular weight is 399 g/mol. The number of H-pyrrole nitrogens is 1. The van der Waals surface area contributed by atoms with Crippen LogP contribution in [0.15, 0.2) is 24.3 Å². The maximum absolute atomic E-state index is 12.3. The van der Waals surface area contributed by atoms with Gasteiger partial charge in [-0.15, -0.1) is 0 Å². The molecule has 2 N–H and O–H groups in total. The number of ether oxygens (including phenoxy) is 2. The Balaban J connectivity index is 1.55. The van der Waals surface area contributed by atoms with E-state index in [2.05, 4.69) is 15.2 Å². The van der Waals surface area contributed by atoms with Crippen molar-refractivity contribution in [1.82, 2.24) is 4.98 Å². The summed E-state index contributed by atoms with van der Waals surface area (Å²) < 4.78 is 9.81. The minimum Gasteiger partial charge on any atom is -0.465 e.